The van der Waals surface area contributed by atoms with Crippen molar-refractivity contribution in [2.75, 3.05) is 32.7 Å². The molecule has 0 atom stereocenters. The van der Waals surface area contributed by atoms with Crippen LogP contribution in [0.4, 0.5) is 0 Å². The van der Waals surface area contributed by atoms with Crippen LogP contribution in [-0.2, 0) is 0 Å². The zero-order valence-corrected chi connectivity index (χ0v) is 15.3. The molecule has 0 radical (unpaired) electrons. The summed E-state index contributed by atoms with van der Waals surface area (Å²) in [4.78, 5) is 2.60. The summed E-state index contributed by atoms with van der Waals surface area (Å²) in [6.45, 7) is 15.3. The summed E-state index contributed by atoms with van der Waals surface area (Å²) in [5, 5.41) is 11.1. The molecule has 2 aliphatic heterocycles. The van der Waals surface area contributed by atoms with Gasteiger partial charge in [-0.15, -0.1) is 0 Å². The van der Waals surface area contributed by atoms with E-state index in [9.17, 15) is 0 Å². The molecule has 0 bridgehead atoms. The number of hydrogen-bond acceptors (Lipinski definition) is 4. The summed E-state index contributed by atoms with van der Waals surface area (Å²) in [5.74, 6) is 0. The van der Waals surface area contributed by atoms with Crippen molar-refractivity contribution in [2.45, 2.75) is 83.5 Å². The maximum Gasteiger partial charge on any atom is 0.0139 e. The molecule has 0 aromatic heterocycles. The van der Waals surface area contributed by atoms with E-state index in [4.69, 9.17) is 0 Å². The van der Waals surface area contributed by atoms with Crippen molar-refractivity contribution < 1.29 is 0 Å². The minimum absolute atomic E-state index is 0.244. The van der Waals surface area contributed by atoms with Crippen LogP contribution in [-0.4, -0.2) is 61.3 Å². The van der Waals surface area contributed by atoms with Crippen molar-refractivity contribution >= 4 is 0 Å². The number of likely N-dealkylation sites (tertiary alicyclic amines) is 1. The number of nitrogens with one attached hydrogen (secondary N) is 3. The number of nitrogens with zero attached hydrogens (tertiary/aromatic N) is 1. The predicted molar refractivity (Wildman–Crippen MR) is 95.5 cm³/mol. The van der Waals surface area contributed by atoms with Gasteiger partial charge in [-0.25, -0.2) is 0 Å². The molecule has 4 nitrogen and oxygen atoms in total. The summed E-state index contributed by atoms with van der Waals surface area (Å²) in [6, 6.07) is 2.13. The molecule has 2 aliphatic rings. The van der Waals surface area contributed by atoms with E-state index in [-0.39, 0.29) is 5.54 Å². The second-order valence-corrected chi connectivity index (χ2v) is 8.16. The van der Waals surface area contributed by atoms with Gasteiger partial charge in [-0.05, 0) is 92.5 Å². The van der Waals surface area contributed by atoms with Gasteiger partial charge in [0.15, 0.2) is 0 Å². The van der Waals surface area contributed by atoms with Gasteiger partial charge in [-0.2, -0.15) is 0 Å². The standard InChI is InChI=1S/C18H38N4/c1-15(2)22-13-7-16(8-14-22)20-12-9-18(3,4)21-17-5-10-19-11-6-17/h15-17,19-21H,5-14H2,1-4H3. The Morgan fingerprint density at radius 3 is 2.27 bits per heavy atom. The highest BCUT2D eigenvalue weighted by atomic mass is 15.2. The van der Waals surface area contributed by atoms with Crippen LogP contribution in [0.3, 0.4) is 0 Å². The quantitative estimate of drug-likeness (QED) is 0.672. The molecule has 0 aromatic rings. The molecule has 0 amide bonds. The lowest BCUT2D eigenvalue weighted by Crippen LogP contribution is -2.51. The monoisotopic (exact) mass is 310 g/mol. The van der Waals surface area contributed by atoms with Gasteiger partial charge in [0.25, 0.3) is 0 Å². The first kappa shape index (κ1) is 18.2. The van der Waals surface area contributed by atoms with Gasteiger partial charge >= 0.3 is 0 Å². The topological polar surface area (TPSA) is 39.3 Å². The van der Waals surface area contributed by atoms with Gasteiger partial charge in [0.1, 0.15) is 0 Å². The van der Waals surface area contributed by atoms with Crippen molar-refractivity contribution in [1.82, 2.24) is 20.9 Å². The molecule has 0 unspecified atom stereocenters. The van der Waals surface area contributed by atoms with Crippen LogP contribution >= 0.6 is 0 Å². The molecular formula is C18H38N4. The molecule has 0 saturated carbocycles. The summed E-state index contributed by atoms with van der Waals surface area (Å²) < 4.78 is 0. The molecular weight excluding hydrogens is 272 g/mol. The first-order chi connectivity index (χ1) is 10.5. The highest BCUT2D eigenvalue weighted by Gasteiger charge is 2.24. The van der Waals surface area contributed by atoms with E-state index in [1.807, 2.05) is 0 Å². The van der Waals surface area contributed by atoms with Crippen LogP contribution in [0, 0.1) is 0 Å². The average molecular weight is 311 g/mol. The van der Waals surface area contributed by atoms with Crippen LogP contribution in [0.15, 0.2) is 0 Å². The predicted octanol–water partition coefficient (Wildman–Crippen LogP) is 1.96. The number of hydrogen-bond donors (Lipinski definition) is 3. The van der Waals surface area contributed by atoms with Gasteiger partial charge in [-0.3, -0.25) is 0 Å². The fourth-order valence-electron chi connectivity index (χ4n) is 3.80. The van der Waals surface area contributed by atoms with Crippen molar-refractivity contribution in [3.8, 4) is 0 Å². The molecule has 2 fully saturated rings. The molecule has 22 heavy (non-hydrogen) atoms. The maximum atomic E-state index is 3.87. The van der Waals surface area contributed by atoms with Crippen molar-refractivity contribution in [1.29, 1.82) is 0 Å². The third kappa shape index (κ3) is 6.15. The Balaban J connectivity index is 1.61. The summed E-state index contributed by atoms with van der Waals surface area (Å²) >= 11 is 0. The Bertz CT molecular complexity index is 302. The largest absolute Gasteiger partial charge is 0.317 e. The van der Waals surface area contributed by atoms with Crippen molar-refractivity contribution in [3.63, 3.8) is 0 Å². The van der Waals surface area contributed by atoms with Gasteiger partial charge in [0, 0.05) is 23.7 Å². The summed E-state index contributed by atoms with van der Waals surface area (Å²) in [5.41, 5.74) is 0.244. The van der Waals surface area contributed by atoms with E-state index in [1.54, 1.807) is 0 Å². The van der Waals surface area contributed by atoms with Crippen LogP contribution in [0.25, 0.3) is 0 Å². The number of piperidine rings is 2. The molecule has 130 valence electrons. The van der Waals surface area contributed by atoms with Gasteiger partial charge in [-0.1, -0.05) is 0 Å². The van der Waals surface area contributed by atoms with E-state index >= 15 is 0 Å². The summed E-state index contributed by atoms with van der Waals surface area (Å²) in [7, 11) is 0. The average Bonchev–Trinajstić information content (AvgIpc) is 2.48. The van der Waals surface area contributed by atoms with Crippen LogP contribution < -0.4 is 16.0 Å². The lowest BCUT2D eigenvalue weighted by atomic mass is 9.95. The van der Waals surface area contributed by atoms with Gasteiger partial charge < -0.3 is 20.9 Å². The molecule has 2 saturated heterocycles. The Morgan fingerprint density at radius 1 is 1.05 bits per heavy atom. The zero-order chi connectivity index (χ0) is 16.0. The Labute approximate surface area is 137 Å². The van der Waals surface area contributed by atoms with Gasteiger partial charge in [0.05, 0.1) is 0 Å². The Morgan fingerprint density at radius 2 is 1.68 bits per heavy atom. The highest BCUT2D eigenvalue weighted by molar-refractivity contribution is 4.86. The van der Waals surface area contributed by atoms with Crippen LogP contribution in [0.5, 0.6) is 0 Å². The van der Waals surface area contributed by atoms with Crippen LogP contribution in [0.2, 0.25) is 0 Å². The second-order valence-electron chi connectivity index (χ2n) is 8.16. The highest BCUT2D eigenvalue weighted by Crippen LogP contribution is 2.15. The van der Waals surface area contributed by atoms with Crippen LogP contribution in [0.1, 0.15) is 59.8 Å². The fourth-order valence-corrected chi connectivity index (χ4v) is 3.80. The number of rotatable bonds is 7. The molecule has 4 heteroatoms. The zero-order valence-electron chi connectivity index (χ0n) is 15.3. The third-order valence-electron chi connectivity index (χ3n) is 5.38. The first-order valence-corrected chi connectivity index (χ1v) is 9.42. The smallest absolute Gasteiger partial charge is 0.0139 e. The normalized spacial score (nSPS) is 23.3. The summed E-state index contributed by atoms with van der Waals surface area (Å²) in [6.07, 6.45) is 6.36. The Hall–Kier alpha value is -0.160. The lowest BCUT2D eigenvalue weighted by molar-refractivity contribution is 0.159. The maximum absolute atomic E-state index is 3.87. The fraction of sp³-hybridized carbons (Fsp3) is 1.00. The second kappa shape index (κ2) is 8.62. The SMILES string of the molecule is CC(C)N1CCC(NCCC(C)(C)NC2CCNCC2)CC1. The van der Waals surface area contributed by atoms with E-state index in [2.05, 4.69) is 48.5 Å². The minimum atomic E-state index is 0.244. The molecule has 2 heterocycles. The van der Waals surface area contributed by atoms with E-state index in [1.165, 1.54) is 58.3 Å². The molecule has 0 aliphatic carbocycles. The first-order valence-electron chi connectivity index (χ1n) is 9.42. The van der Waals surface area contributed by atoms with Gasteiger partial charge in [0.2, 0.25) is 0 Å². The molecule has 0 aromatic carbocycles. The third-order valence-corrected chi connectivity index (χ3v) is 5.38. The van der Waals surface area contributed by atoms with E-state index in [0.717, 1.165) is 12.6 Å². The Kier molecular flexibility index (Phi) is 7.13. The minimum Gasteiger partial charge on any atom is -0.317 e. The van der Waals surface area contributed by atoms with Crippen molar-refractivity contribution in [3.05, 3.63) is 0 Å². The lowest BCUT2D eigenvalue weighted by Gasteiger charge is -2.37. The van der Waals surface area contributed by atoms with Crippen molar-refractivity contribution in [2.24, 2.45) is 0 Å². The molecule has 0 spiro atoms. The van der Waals surface area contributed by atoms with E-state index < -0.39 is 0 Å². The van der Waals surface area contributed by atoms with E-state index in [0.29, 0.717) is 12.1 Å². The molecule has 2 rings (SSSR count). The molecule has 3 N–H and O–H groups in total.